The van der Waals surface area contributed by atoms with Crippen molar-refractivity contribution in [1.29, 1.82) is 0 Å². The van der Waals surface area contributed by atoms with Gasteiger partial charge in [0.25, 0.3) is 0 Å². The van der Waals surface area contributed by atoms with E-state index in [1.165, 1.54) is 65.7 Å². The predicted octanol–water partition coefficient (Wildman–Crippen LogP) is 17.2. The van der Waals surface area contributed by atoms with Crippen molar-refractivity contribution in [3.05, 3.63) is 237 Å². The lowest BCUT2D eigenvalue weighted by molar-refractivity contribution is 0.670. The molecule has 290 valence electrons. The molecule has 1 heterocycles. The zero-order valence-electron chi connectivity index (χ0n) is 33.9. The molecular formula is C60H39NO. The number of furan rings is 1. The second-order valence-corrected chi connectivity index (χ2v) is 16.0. The van der Waals surface area contributed by atoms with Gasteiger partial charge >= 0.3 is 0 Å². The van der Waals surface area contributed by atoms with Gasteiger partial charge < -0.3 is 9.32 Å². The Morgan fingerprint density at radius 3 is 1.61 bits per heavy atom. The molecule has 0 amide bonds. The first kappa shape index (κ1) is 35.7. The Labute approximate surface area is 360 Å². The highest BCUT2D eigenvalue weighted by Gasteiger charge is 2.24. The van der Waals surface area contributed by atoms with Crippen LogP contribution in [0.2, 0.25) is 0 Å². The summed E-state index contributed by atoms with van der Waals surface area (Å²) in [7, 11) is 0. The Bertz CT molecular complexity index is 3610. The molecule has 2 nitrogen and oxygen atoms in total. The number of para-hydroxylation sites is 1. The highest BCUT2D eigenvalue weighted by atomic mass is 16.3. The summed E-state index contributed by atoms with van der Waals surface area (Å²) in [5.41, 5.74) is 14.2. The van der Waals surface area contributed by atoms with Crippen molar-refractivity contribution in [2.75, 3.05) is 4.90 Å². The van der Waals surface area contributed by atoms with Crippen LogP contribution in [0.25, 0.3) is 98.8 Å². The van der Waals surface area contributed by atoms with Crippen LogP contribution in [-0.4, -0.2) is 0 Å². The molecule has 0 fully saturated rings. The molecule has 0 radical (unpaired) electrons. The Hall–Kier alpha value is -8.20. The largest absolute Gasteiger partial charge is 0.455 e. The fourth-order valence-corrected chi connectivity index (χ4v) is 9.60. The van der Waals surface area contributed by atoms with Crippen molar-refractivity contribution in [3.8, 4) is 44.5 Å². The molecule has 0 saturated carbocycles. The van der Waals surface area contributed by atoms with Crippen LogP contribution in [0.5, 0.6) is 0 Å². The molecule has 0 unspecified atom stereocenters. The summed E-state index contributed by atoms with van der Waals surface area (Å²) in [6, 6.07) is 85.4. The van der Waals surface area contributed by atoms with Crippen molar-refractivity contribution in [2.24, 2.45) is 0 Å². The smallest absolute Gasteiger partial charge is 0.145 e. The SMILES string of the molecule is c1ccc(-c2ccc(N(c3cc(-c4cccc5ccccc45)c4ccccc4c3)c3ccc(-c4cccc5cccc(-c6ccccc6)c45)c4oc5ccccc5c34)cc2)cc1. The molecular weight excluding hydrogens is 751 g/mol. The van der Waals surface area contributed by atoms with E-state index in [9.17, 15) is 0 Å². The van der Waals surface area contributed by atoms with E-state index in [1.807, 2.05) is 0 Å². The van der Waals surface area contributed by atoms with Crippen LogP contribution in [0.1, 0.15) is 0 Å². The van der Waals surface area contributed by atoms with Crippen LogP contribution in [-0.2, 0) is 0 Å². The van der Waals surface area contributed by atoms with Crippen LogP contribution < -0.4 is 4.90 Å². The van der Waals surface area contributed by atoms with E-state index < -0.39 is 0 Å². The third kappa shape index (κ3) is 5.96. The molecule has 12 aromatic rings. The first-order valence-corrected chi connectivity index (χ1v) is 21.3. The number of hydrogen-bond donors (Lipinski definition) is 0. The Morgan fingerprint density at radius 1 is 0.290 bits per heavy atom. The van der Waals surface area contributed by atoms with E-state index >= 15 is 0 Å². The van der Waals surface area contributed by atoms with Crippen molar-refractivity contribution < 1.29 is 4.42 Å². The molecule has 0 bridgehead atoms. The first-order chi connectivity index (χ1) is 30.8. The normalized spacial score (nSPS) is 11.5. The number of anilines is 3. The molecule has 0 N–H and O–H groups in total. The number of rotatable bonds is 7. The topological polar surface area (TPSA) is 16.4 Å². The van der Waals surface area contributed by atoms with E-state index in [-0.39, 0.29) is 0 Å². The minimum absolute atomic E-state index is 0.856. The van der Waals surface area contributed by atoms with Gasteiger partial charge in [-0.05, 0) is 114 Å². The Morgan fingerprint density at radius 2 is 0.855 bits per heavy atom. The third-order valence-electron chi connectivity index (χ3n) is 12.4. The maximum absolute atomic E-state index is 7.06. The van der Waals surface area contributed by atoms with Crippen LogP contribution >= 0.6 is 0 Å². The van der Waals surface area contributed by atoms with Gasteiger partial charge in [-0.3, -0.25) is 0 Å². The van der Waals surface area contributed by atoms with Gasteiger partial charge in [-0.1, -0.05) is 194 Å². The zero-order chi connectivity index (χ0) is 41.0. The van der Waals surface area contributed by atoms with Crippen molar-refractivity contribution in [1.82, 2.24) is 0 Å². The van der Waals surface area contributed by atoms with E-state index in [0.717, 1.165) is 50.1 Å². The van der Waals surface area contributed by atoms with Gasteiger partial charge in [-0.2, -0.15) is 0 Å². The average Bonchev–Trinajstić information content (AvgIpc) is 3.74. The summed E-state index contributed by atoms with van der Waals surface area (Å²) >= 11 is 0. The average molecular weight is 790 g/mol. The van der Waals surface area contributed by atoms with Gasteiger partial charge in [0.15, 0.2) is 0 Å². The van der Waals surface area contributed by atoms with Crippen LogP contribution in [0.3, 0.4) is 0 Å². The molecule has 0 saturated heterocycles. The molecule has 12 rings (SSSR count). The number of benzene rings is 11. The summed E-state index contributed by atoms with van der Waals surface area (Å²) in [6.07, 6.45) is 0. The molecule has 1 aromatic heterocycles. The highest BCUT2D eigenvalue weighted by Crippen LogP contribution is 2.49. The molecule has 11 aromatic carbocycles. The van der Waals surface area contributed by atoms with Crippen molar-refractivity contribution in [2.45, 2.75) is 0 Å². The minimum Gasteiger partial charge on any atom is -0.455 e. The van der Waals surface area contributed by atoms with Gasteiger partial charge in [-0.15, -0.1) is 0 Å². The Balaban J connectivity index is 1.15. The third-order valence-corrected chi connectivity index (χ3v) is 12.4. The zero-order valence-corrected chi connectivity index (χ0v) is 33.9. The van der Waals surface area contributed by atoms with Crippen LogP contribution in [0.4, 0.5) is 17.1 Å². The standard InChI is InChI=1S/C60H39NO/c1-3-16-40(17-4-1)41-32-34-46(35-33-41)61(47-38-45-21-8-10-26-49(45)55(39-47)51-29-13-22-42-20-7-9-25-48(42)51)56-37-36-53(60-59(56)54-27-11-12-31-57(54)62-60)52-30-15-24-44-23-14-28-50(58(44)52)43-18-5-2-6-19-43/h1-39H. The molecule has 0 aliphatic carbocycles. The van der Waals surface area contributed by atoms with Gasteiger partial charge in [-0.25, -0.2) is 0 Å². The summed E-state index contributed by atoms with van der Waals surface area (Å²) in [6.45, 7) is 0. The highest BCUT2D eigenvalue weighted by molar-refractivity contribution is 6.20. The van der Waals surface area contributed by atoms with Gasteiger partial charge in [0.05, 0.1) is 11.1 Å². The summed E-state index contributed by atoms with van der Waals surface area (Å²) in [4.78, 5) is 2.43. The van der Waals surface area contributed by atoms with E-state index in [4.69, 9.17) is 4.42 Å². The lowest BCUT2D eigenvalue weighted by Gasteiger charge is -2.28. The van der Waals surface area contributed by atoms with Crippen molar-refractivity contribution >= 4 is 71.3 Å². The summed E-state index contributed by atoms with van der Waals surface area (Å²) in [5.74, 6) is 0. The maximum atomic E-state index is 7.06. The summed E-state index contributed by atoms with van der Waals surface area (Å²) in [5, 5.41) is 9.38. The molecule has 0 aliphatic rings. The number of hydrogen-bond acceptors (Lipinski definition) is 2. The predicted molar refractivity (Wildman–Crippen MR) is 263 cm³/mol. The summed E-state index contributed by atoms with van der Waals surface area (Å²) < 4.78 is 7.06. The maximum Gasteiger partial charge on any atom is 0.145 e. The Kier molecular flexibility index (Phi) is 8.53. The van der Waals surface area contributed by atoms with Gasteiger partial charge in [0.2, 0.25) is 0 Å². The minimum atomic E-state index is 0.856. The van der Waals surface area contributed by atoms with Crippen LogP contribution in [0, 0.1) is 0 Å². The first-order valence-electron chi connectivity index (χ1n) is 21.3. The number of fused-ring (bicyclic) bond motifs is 6. The van der Waals surface area contributed by atoms with Gasteiger partial charge in [0.1, 0.15) is 11.2 Å². The second-order valence-electron chi connectivity index (χ2n) is 16.0. The fraction of sp³-hybridized carbons (Fsp3) is 0. The second kappa shape index (κ2) is 14.8. The van der Waals surface area contributed by atoms with Crippen molar-refractivity contribution in [3.63, 3.8) is 0 Å². The molecule has 0 spiro atoms. The van der Waals surface area contributed by atoms with E-state index in [0.29, 0.717) is 0 Å². The number of nitrogens with zero attached hydrogens (tertiary/aromatic N) is 1. The fourth-order valence-electron chi connectivity index (χ4n) is 9.60. The quantitative estimate of drug-likeness (QED) is 0.160. The van der Waals surface area contributed by atoms with Gasteiger partial charge in [0, 0.05) is 22.3 Å². The lowest BCUT2D eigenvalue weighted by atomic mass is 9.90. The molecule has 0 atom stereocenters. The van der Waals surface area contributed by atoms with E-state index in [2.05, 4.69) is 241 Å². The lowest BCUT2D eigenvalue weighted by Crippen LogP contribution is -2.11. The monoisotopic (exact) mass is 789 g/mol. The molecule has 62 heavy (non-hydrogen) atoms. The molecule has 0 aliphatic heterocycles. The van der Waals surface area contributed by atoms with E-state index in [1.54, 1.807) is 0 Å². The molecule has 2 heteroatoms. The van der Waals surface area contributed by atoms with Crippen LogP contribution in [0.15, 0.2) is 241 Å².